The zero-order valence-electron chi connectivity index (χ0n) is 21.2. The second kappa shape index (κ2) is 11.6. The largest absolute Gasteiger partial charge is 0.495 e. The van der Waals surface area contributed by atoms with Gasteiger partial charge in [0.15, 0.2) is 0 Å². The van der Waals surface area contributed by atoms with Crippen LogP contribution in [0.15, 0.2) is 53.3 Å². The van der Waals surface area contributed by atoms with Gasteiger partial charge in [0.2, 0.25) is 11.8 Å². The molecule has 0 radical (unpaired) electrons. The summed E-state index contributed by atoms with van der Waals surface area (Å²) in [7, 11) is 0. The number of aliphatic carboxylic acids is 1. The molecule has 2 amide bonds. The van der Waals surface area contributed by atoms with Crippen LogP contribution in [-0.4, -0.2) is 68.0 Å². The molecule has 38 heavy (non-hydrogen) atoms. The highest BCUT2D eigenvalue weighted by Crippen LogP contribution is 2.51. The van der Waals surface area contributed by atoms with Crippen molar-refractivity contribution >= 4 is 17.8 Å². The van der Waals surface area contributed by atoms with Crippen LogP contribution >= 0.6 is 0 Å². The first-order chi connectivity index (χ1) is 17.8. The molecule has 1 aromatic rings. The van der Waals surface area contributed by atoms with E-state index in [1.54, 1.807) is 6.92 Å². The van der Waals surface area contributed by atoms with Crippen molar-refractivity contribution in [1.29, 1.82) is 0 Å². The molecule has 0 saturated carbocycles. The number of carbonyl (C=O) groups excluding carboxylic acids is 2. The van der Waals surface area contributed by atoms with Gasteiger partial charge in [0.1, 0.15) is 17.8 Å². The molecule has 5 N–H and O–H groups in total. The third kappa shape index (κ3) is 6.36. The number of alkyl halides is 3. The van der Waals surface area contributed by atoms with Crippen molar-refractivity contribution in [2.75, 3.05) is 32.8 Å². The van der Waals surface area contributed by atoms with Crippen LogP contribution in [0.25, 0.3) is 0 Å². The summed E-state index contributed by atoms with van der Waals surface area (Å²) >= 11 is 0. The Kier molecular flexibility index (Phi) is 8.88. The van der Waals surface area contributed by atoms with E-state index in [9.17, 15) is 22.8 Å². The van der Waals surface area contributed by atoms with E-state index in [1.165, 1.54) is 0 Å². The molecule has 0 bridgehead atoms. The summed E-state index contributed by atoms with van der Waals surface area (Å²) in [6.07, 6.45) is -2.13. The number of rotatable bonds is 6. The zero-order valence-corrected chi connectivity index (χ0v) is 21.2. The Morgan fingerprint density at radius 2 is 1.87 bits per heavy atom. The van der Waals surface area contributed by atoms with Crippen LogP contribution in [0.1, 0.15) is 32.3 Å². The molecule has 4 rings (SSSR count). The fraction of sp³-hybridized carbons (Fsp3) is 0.500. The monoisotopic (exact) mass is 539 g/mol. The maximum atomic E-state index is 13.0. The van der Waals surface area contributed by atoms with E-state index in [2.05, 4.69) is 17.6 Å². The Bertz CT molecular complexity index is 1110. The Morgan fingerprint density at radius 1 is 1.21 bits per heavy atom. The van der Waals surface area contributed by atoms with Gasteiger partial charge in [-0.2, -0.15) is 13.2 Å². The van der Waals surface area contributed by atoms with Gasteiger partial charge < -0.3 is 30.9 Å². The van der Waals surface area contributed by atoms with Crippen molar-refractivity contribution in [3.63, 3.8) is 0 Å². The standard InChI is InChI=1S/C24H31N3O4.C2HF3O2/c1-23(22(25)29)13-16(21(28)27-9-8-18-14-26-10-11-30-18)12-19-20(23)31-15-24(19,2)17-6-4-3-5-7-17;3-2(4,5)1(6)7/h3-7,12,18,26H,8-11,13-15H2,1-2H3,(H2,25,29)(H,27,28);(H,6,7)/t18-,23?,24?;/m0./s1. The van der Waals surface area contributed by atoms with Crippen LogP contribution in [0.2, 0.25) is 0 Å². The minimum atomic E-state index is -5.08. The number of carboxylic acids is 1. The topological polar surface area (TPSA) is 140 Å². The number of benzene rings is 1. The average Bonchev–Trinajstić information content (AvgIpc) is 3.23. The number of hydrogen-bond donors (Lipinski definition) is 4. The van der Waals surface area contributed by atoms with Gasteiger partial charge in [-0.25, -0.2) is 4.79 Å². The lowest BCUT2D eigenvalue weighted by Crippen LogP contribution is -2.42. The molecule has 1 aliphatic carbocycles. The first-order valence-electron chi connectivity index (χ1n) is 12.1. The van der Waals surface area contributed by atoms with Crippen LogP contribution in [0.5, 0.6) is 0 Å². The maximum Gasteiger partial charge on any atom is 0.490 e. The number of carbonyl (C=O) groups is 3. The number of nitrogens with two attached hydrogens (primary N) is 1. The second-order valence-electron chi connectivity index (χ2n) is 9.82. The Morgan fingerprint density at radius 3 is 2.42 bits per heavy atom. The van der Waals surface area contributed by atoms with Crippen molar-refractivity contribution in [3.05, 3.63) is 58.9 Å². The highest BCUT2D eigenvalue weighted by Gasteiger charge is 2.51. The van der Waals surface area contributed by atoms with Crippen molar-refractivity contribution in [2.24, 2.45) is 11.1 Å². The normalized spacial score (nSPS) is 26.8. The number of hydrogen-bond acceptors (Lipinski definition) is 6. The fourth-order valence-electron chi connectivity index (χ4n) is 4.65. The van der Waals surface area contributed by atoms with Crippen molar-refractivity contribution in [2.45, 2.75) is 44.4 Å². The molecular formula is C26H32F3N3O6. The van der Waals surface area contributed by atoms with Crippen LogP contribution in [0.3, 0.4) is 0 Å². The third-order valence-corrected chi connectivity index (χ3v) is 6.95. The molecule has 1 fully saturated rings. The predicted molar refractivity (Wildman–Crippen MR) is 131 cm³/mol. The van der Waals surface area contributed by atoms with Gasteiger partial charge in [-0.05, 0) is 38.3 Å². The smallest absolute Gasteiger partial charge is 0.490 e. The SMILES string of the molecule is CC1(C(N)=O)CC(C(=O)NCC[C@H]2CNCCO2)=CC2=C1OCC2(C)c1ccccc1.O=C(O)C(F)(F)F. The minimum absolute atomic E-state index is 0.101. The van der Waals surface area contributed by atoms with E-state index in [0.29, 0.717) is 31.1 Å². The molecule has 9 nitrogen and oxygen atoms in total. The van der Waals surface area contributed by atoms with Gasteiger partial charge >= 0.3 is 12.1 Å². The summed E-state index contributed by atoms with van der Waals surface area (Å²) in [5.74, 6) is -2.83. The van der Waals surface area contributed by atoms with E-state index in [4.69, 9.17) is 25.1 Å². The van der Waals surface area contributed by atoms with E-state index in [0.717, 1.165) is 30.6 Å². The lowest BCUT2D eigenvalue weighted by molar-refractivity contribution is -0.192. The number of ether oxygens (including phenoxy) is 2. The summed E-state index contributed by atoms with van der Waals surface area (Å²) < 4.78 is 43.5. The number of amides is 2. The Balaban J connectivity index is 0.000000505. The summed E-state index contributed by atoms with van der Waals surface area (Å²) in [6, 6.07) is 10.0. The first kappa shape index (κ1) is 29.2. The molecule has 0 spiro atoms. The fourth-order valence-corrected chi connectivity index (χ4v) is 4.65. The molecule has 12 heteroatoms. The van der Waals surface area contributed by atoms with Crippen molar-refractivity contribution in [3.8, 4) is 0 Å². The Labute approximate surface area is 218 Å². The number of halogens is 3. The van der Waals surface area contributed by atoms with Crippen LogP contribution < -0.4 is 16.4 Å². The zero-order chi connectivity index (χ0) is 28.1. The molecular weight excluding hydrogens is 507 g/mol. The summed E-state index contributed by atoms with van der Waals surface area (Å²) in [5.41, 5.74) is 6.78. The van der Waals surface area contributed by atoms with E-state index < -0.39 is 28.9 Å². The number of morpholine rings is 1. The summed E-state index contributed by atoms with van der Waals surface area (Å²) in [4.78, 5) is 34.4. The first-order valence-corrected chi connectivity index (χ1v) is 12.1. The van der Waals surface area contributed by atoms with Crippen LogP contribution in [-0.2, 0) is 29.3 Å². The number of primary amides is 1. The average molecular weight is 540 g/mol. The lowest BCUT2D eigenvalue weighted by atomic mass is 9.68. The molecule has 1 saturated heterocycles. The molecule has 2 unspecified atom stereocenters. The van der Waals surface area contributed by atoms with E-state index >= 15 is 0 Å². The third-order valence-electron chi connectivity index (χ3n) is 6.95. The summed E-state index contributed by atoms with van der Waals surface area (Å²) in [6.45, 7) is 7.11. The van der Waals surface area contributed by atoms with Crippen molar-refractivity contribution < 1.29 is 42.1 Å². The second-order valence-corrected chi connectivity index (χ2v) is 9.82. The van der Waals surface area contributed by atoms with Gasteiger partial charge in [-0.15, -0.1) is 0 Å². The Hall–Kier alpha value is -3.38. The predicted octanol–water partition coefficient (Wildman–Crippen LogP) is 2.18. The van der Waals surface area contributed by atoms with E-state index in [1.807, 2.05) is 36.4 Å². The quantitative estimate of drug-likeness (QED) is 0.435. The highest BCUT2D eigenvalue weighted by atomic mass is 19.4. The molecule has 2 heterocycles. The lowest BCUT2D eigenvalue weighted by Gasteiger charge is -2.33. The molecule has 0 aromatic heterocycles. The molecule has 1 aromatic carbocycles. The maximum absolute atomic E-state index is 13.0. The van der Waals surface area contributed by atoms with Gasteiger partial charge in [0.05, 0.1) is 18.1 Å². The molecule has 3 atom stereocenters. The minimum Gasteiger partial charge on any atom is -0.495 e. The number of allylic oxidation sites excluding steroid dienone is 1. The van der Waals surface area contributed by atoms with Crippen LogP contribution in [0.4, 0.5) is 13.2 Å². The summed E-state index contributed by atoms with van der Waals surface area (Å²) in [5, 5.41) is 13.4. The van der Waals surface area contributed by atoms with Crippen molar-refractivity contribution in [1.82, 2.24) is 10.6 Å². The molecule has 208 valence electrons. The van der Waals surface area contributed by atoms with Crippen LogP contribution in [0, 0.1) is 5.41 Å². The van der Waals surface area contributed by atoms with Gasteiger partial charge in [0.25, 0.3) is 0 Å². The number of nitrogens with one attached hydrogen (secondary N) is 2. The van der Waals surface area contributed by atoms with E-state index in [-0.39, 0.29) is 18.4 Å². The van der Waals surface area contributed by atoms with Gasteiger partial charge in [-0.3, -0.25) is 9.59 Å². The number of carboxylic acid groups (broad SMARTS) is 1. The van der Waals surface area contributed by atoms with Gasteiger partial charge in [-0.1, -0.05) is 30.3 Å². The highest BCUT2D eigenvalue weighted by molar-refractivity contribution is 5.97. The molecule has 2 aliphatic heterocycles. The molecule has 3 aliphatic rings. The van der Waals surface area contributed by atoms with Gasteiger partial charge in [0, 0.05) is 30.8 Å².